The number of aliphatic carboxylic acids is 1. The fourth-order valence-corrected chi connectivity index (χ4v) is 1.06. The molecular weight excluding hydrogens is 184 g/mol. The maximum Gasteiger partial charge on any atom is 0.305 e. The van der Waals surface area contributed by atoms with Gasteiger partial charge in [0.05, 0.1) is 19.7 Å². The molecule has 5 nitrogen and oxygen atoms in total. The lowest BCUT2D eigenvalue weighted by Crippen LogP contribution is -2.15. The zero-order valence-corrected chi connectivity index (χ0v) is 7.80. The van der Waals surface area contributed by atoms with Gasteiger partial charge in [-0.2, -0.15) is 0 Å². The van der Waals surface area contributed by atoms with Crippen LogP contribution in [0.3, 0.4) is 0 Å². The van der Waals surface area contributed by atoms with Crippen molar-refractivity contribution in [3.8, 4) is 5.75 Å². The topological polar surface area (TPSA) is 85.4 Å². The van der Waals surface area contributed by atoms with Crippen LogP contribution in [0.15, 0.2) is 18.5 Å². The summed E-state index contributed by atoms with van der Waals surface area (Å²) in [5.74, 6) is -0.358. The number of carboxylic acids is 1. The van der Waals surface area contributed by atoms with Crippen molar-refractivity contribution in [2.45, 2.75) is 12.5 Å². The smallest absolute Gasteiger partial charge is 0.305 e. The number of ether oxygens (including phenoxy) is 1. The fourth-order valence-electron chi connectivity index (χ4n) is 1.06. The van der Waals surface area contributed by atoms with Gasteiger partial charge in [-0.3, -0.25) is 9.78 Å². The normalized spacial score (nSPS) is 12.1. The second-order valence-corrected chi connectivity index (χ2v) is 2.86. The molecule has 0 spiro atoms. The molecule has 1 aromatic heterocycles. The minimum atomic E-state index is -0.930. The predicted octanol–water partition coefficient (Wildman–Crippen LogP) is 0.565. The molecular formula is C9H12N2O3. The van der Waals surface area contributed by atoms with Gasteiger partial charge in [0.15, 0.2) is 0 Å². The lowest BCUT2D eigenvalue weighted by Gasteiger charge is -2.09. The van der Waals surface area contributed by atoms with E-state index in [1.165, 1.54) is 19.5 Å². The third kappa shape index (κ3) is 2.70. The quantitative estimate of drug-likeness (QED) is 0.735. The molecule has 0 amide bonds. The number of hydrogen-bond acceptors (Lipinski definition) is 4. The van der Waals surface area contributed by atoms with Crippen LogP contribution < -0.4 is 10.5 Å². The molecule has 0 aliphatic carbocycles. The molecule has 1 rings (SSSR count). The molecule has 14 heavy (non-hydrogen) atoms. The monoisotopic (exact) mass is 196 g/mol. The highest BCUT2D eigenvalue weighted by molar-refractivity contribution is 5.67. The largest absolute Gasteiger partial charge is 0.495 e. The Morgan fingerprint density at radius 2 is 2.43 bits per heavy atom. The number of pyridine rings is 1. The highest BCUT2D eigenvalue weighted by Gasteiger charge is 2.11. The Hall–Kier alpha value is -1.62. The third-order valence-electron chi connectivity index (χ3n) is 1.79. The van der Waals surface area contributed by atoms with Gasteiger partial charge in [-0.1, -0.05) is 0 Å². The van der Waals surface area contributed by atoms with E-state index < -0.39 is 12.0 Å². The number of carbonyl (C=O) groups is 1. The van der Waals surface area contributed by atoms with Crippen LogP contribution in [-0.2, 0) is 4.79 Å². The van der Waals surface area contributed by atoms with E-state index in [2.05, 4.69) is 4.98 Å². The van der Waals surface area contributed by atoms with E-state index in [0.29, 0.717) is 11.3 Å². The first kappa shape index (κ1) is 10.5. The Balaban J connectivity index is 2.78. The van der Waals surface area contributed by atoms with E-state index >= 15 is 0 Å². The van der Waals surface area contributed by atoms with Gasteiger partial charge in [0.2, 0.25) is 0 Å². The number of hydrogen-bond donors (Lipinski definition) is 2. The van der Waals surface area contributed by atoms with Gasteiger partial charge >= 0.3 is 5.97 Å². The average Bonchev–Trinajstić information content (AvgIpc) is 2.17. The molecule has 0 aliphatic heterocycles. The Labute approximate surface area is 81.5 Å². The van der Waals surface area contributed by atoms with Gasteiger partial charge in [0.1, 0.15) is 5.75 Å². The molecule has 0 aromatic carbocycles. The second kappa shape index (κ2) is 4.57. The van der Waals surface area contributed by atoms with Crippen molar-refractivity contribution < 1.29 is 14.6 Å². The molecule has 1 heterocycles. The molecule has 3 N–H and O–H groups in total. The van der Waals surface area contributed by atoms with E-state index in [0.717, 1.165) is 0 Å². The van der Waals surface area contributed by atoms with Gasteiger partial charge in [-0.25, -0.2) is 0 Å². The summed E-state index contributed by atoms with van der Waals surface area (Å²) in [5, 5.41) is 8.54. The van der Waals surface area contributed by atoms with E-state index in [1.54, 1.807) is 6.07 Å². The van der Waals surface area contributed by atoms with Crippen LogP contribution in [0.4, 0.5) is 0 Å². The molecule has 1 unspecified atom stereocenters. The summed E-state index contributed by atoms with van der Waals surface area (Å²) < 4.78 is 4.94. The lowest BCUT2D eigenvalue weighted by molar-refractivity contribution is -0.137. The first-order chi connectivity index (χ1) is 6.63. The van der Waals surface area contributed by atoms with Crippen molar-refractivity contribution in [2.75, 3.05) is 7.11 Å². The molecule has 1 aromatic rings. The molecule has 0 aliphatic rings. The summed E-state index contributed by atoms with van der Waals surface area (Å²) in [7, 11) is 1.52. The molecule has 0 saturated heterocycles. The van der Waals surface area contributed by atoms with Gasteiger partial charge in [-0.15, -0.1) is 0 Å². The Kier molecular flexibility index (Phi) is 3.41. The zero-order valence-electron chi connectivity index (χ0n) is 7.80. The van der Waals surface area contributed by atoms with Crippen LogP contribution in [0.2, 0.25) is 0 Å². The van der Waals surface area contributed by atoms with Crippen LogP contribution in [0.1, 0.15) is 18.0 Å². The molecule has 0 saturated carbocycles. The minimum absolute atomic E-state index is 0.116. The van der Waals surface area contributed by atoms with Gasteiger partial charge in [0.25, 0.3) is 0 Å². The highest BCUT2D eigenvalue weighted by Crippen LogP contribution is 2.17. The summed E-state index contributed by atoms with van der Waals surface area (Å²) in [6.45, 7) is 0. The van der Waals surface area contributed by atoms with Crippen molar-refractivity contribution >= 4 is 5.97 Å². The molecule has 0 fully saturated rings. The van der Waals surface area contributed by atoms with Crippen molar-refractivity contribution in [1.82, 2.24) is 4.98 Å². The Morgan fingerprint density at radius 1 is 1.71 bits per heavy atom. The maximum absolute atomic E-state index is 10.4. The lowest BCUT2D eigenvalue weighted by atomic mass is 10.1. The van der Waals surface area contributed by atoms with Gasteiger partial charge in [0, 0.05) is 12.2 Å². The van der Waals surface area contributed by atoms with Crippen molar-refractivity contribution in [3.63, 3.8) is 0 Å². The summed E-state index contributed by atoms with van der Waals surface area (Å²) in [5.41, 5.74) is 6.30. The number of carboxylic acid groups (broad SMARTS) is 1. The third-order valence-corrected chi connectivity index (χ3v) is 1.79. The molecule has 76 valence electrons. The van der Waals surface area contributed by atoms with Crippen LogP contribution >= 0.6 is 0 Å². The van der Waals surface area contributed by atoms with Crippen molar-refractivity contribution in [3.05, 3.63) is 24.0 Å². The zero-order chi connectivity index (χ0) is 10.6. The van der Waals surface area contributed by atoms with E-state index in [4.69, 9.17) is 15.6 Å². The number of rotatable bonds is 4. The second-order valence-electron chi connectivity index (χ2n) is 2.86. The SMILES string of the molecule is COc1cncc(C(N)CC(=O)O)c1. The van der Waals surface area contributed by atoms with E-state index in [1.807, 2.05) is 0 Å². The first-order valence-electron chi connectivity index (χ1n) is 4.10. The average molecular weight is 196 g/mol. The summed E-state index contributed by atoms with van der Waals surface area (Å²) in [6.07, 6.45) is 2.96. The summed E-state index contributed by atoms with van der Waals surface area (Å²) in [4.78, 5) is 14.3. The van der Waals surface area contributed by atoms with Gasteiger partial charge in [-0.05, 0) is 11.6 Å². The summed E-state index contributed by atoms with van der Waals surface area (Å²) in [6, 6.07) is 1.13. The summed E-state index contributed by atoms with van der Waals surface area (Å²) >= 11 is 0. The molecule has 5 heteroatoms. The van der Waals surface area contributed by atoms with E-state index in [-0.39, 0.29) is 6.42 Å². The van der Waals surface area contributed by atoms with Crippen LogP contribution in [0.5, 0.6) is 5.75 Å². The first-order valence-corrected chi connectivity index (χ1v) is 4.10. The maximum atomic E-state index is 10.4. The molecule has 0 bridgehead atoms. The number of nitrogens with two attached hydrogens (primary N) is 1. The fraction of sp³-hybridized carbons (Fsp3) is 0.333. The number of nitrogens with zero attached hydrogens (tertiary/aromatic N) is 1. The Morgan fingerprint density at radius 3 is 3.00 bits per heavy atom. The van der Waals surface area contributed by atoms with Crippen LogP contribution in [0.25, 0.3) is 0 Å². The van der Waals surface area contributed by atoms with E-state index in [9.17, 15) is 4.79 Å². The predicted molar refractivity (Wildman–Crippen MR) is 50.0 cm³/mol. The Bertz CT molecular complexity index is 328. The van der Waals surface area contributed by atoms with Crippen molar-refractivity contribution in [1.29, 1.82) is 0 Å². The standard InChI is InChI=1S/C9H12N2O3/c1-14-7-2-6(4-11-5-7)8(10)3-9(12)13/h2,4-5,8H,3,10H2,1H3,(H,12,13). The van der Waals surface area contributed by atoms with Crippen molar-refractivity contribution in [2.24, 2.45) is 5.73 Å². The highest BCUT2D eigenvalue weighted by atomic mass is 16.5. The van der Waals surface area contributed by atoms with Gasteiger partial charge < -0.3 is 15.6 Å². The number of aromatic nitrogens is 1. The van der Waals surface area contributed by atoms with Crippen LogP contribution in [0, 0.1) is 0 Å². The molecule has 0 radical (unpaired) electrons. The number of methoxy groups -OCH3 is 1. The minimum Gasteiger partial charge on any atom is -0.495 e. The molecule has 1 atom stereocenters. The van der Waals surface area contributed by atoms with Crippen LogP contribution in [-0.4, -0.2) is 23.2 Å².